The molecule has 0 bridgehead atoms. The van der Waals surface area contributed by atoms with Crippen LogP contribution in [-0.4, -0.2) is 16.2 Å². The van der Waals surface area contributed by atoms with E-state index in [-0.39, 0.29) is 6.10 Å². The topological polar surface area (TPSA) is 33.1 Å². The molecule has 1 heterocycles. The van der Waals surface area contributed by atoms with Crippen LogP contribution < -0.4 is 0 Å². The number of hydrogen-bond acceptors (Lipinski definition) is 2. The number of allylic oxidation sites excluding steroid dienone is 3. The molecule has 0 amide bonds. The fourth-order valence-electron chi connectivity index (χ4n) is 6.75. The summed E-state index contributed by atoms with van der Waals surface area (Å²) < 4.78 is 0. The summed E-state index contributed by atoms with van der Waals surface area (Å²) in [6.07, 6.45) is 17.1. The minimum atomic E-state index is -0.0995. The van der Waals surface area contributed by atoms with E-state index >= 15 is 0 Å². The van der Waals surface area contributed by atoms with Gasteiger partial charge in [-0.1, -0.05) is 30.7 Å². The Labute approximate surface area is 151 Å². The molecule has 2 saturated carbocycles. The normalized spacial score (nSPS) is 42.7. The van der Waals surface area contributed by atoms with Crippen LogP contribution in [0.15, 0.2) is 42.3 Å². The van der Waals surface area contributed by atoms with Crippen molar-refractivity contribution in [3.05, 3.63) is 47.8 Å². The Kier molecular flexibility index (Phi) is 3.67. The van der Waals surface area contributed by atoms with Gasteiger partial charge in [0.15, 0.2) is 0 Å². The zero-order valence-electron chi connectivity index (χ0n) is 15.2. The lowest BCUT2D eigenvalue weighted by molar-refractivity contribution is 0.000157. The van der Waals surface area contributed by atoms with E-state index in [0.29, 0.717) is 5.41 Å². The van der Waals surface area contributed by atoms with E-state index in [1.807, 2.05) is 12.4 Å². The van der Waals surface area contributed by atoms with E-state index in [4.69, 9.17) is 0 Å². The van der Waals surface area contributed by atoms with Gasteiger partial charge in [0, 0.05) is 12.4 Å². The van der Waals surface area contributed by atoms with Crippen molar-refractivity contribution in [2.75, 3.05) is 0 Å². The Bertz CT molecular complexity index is 721. The van der Waals surface area contributed by atoms with E-state index in [9.17, 15) is 5.11 Å². The average molecular weight is 335 g/mol. The molecule has 1 aromatic rings. The summed E-state index contributed by atoms with van der Waals surface area (Å²) in [7, 11) is 0. The molecule has 0 saturated heterocycles. The second-order valence-corrected chi connectivity index (χ2v) is 9.03. The van der Waals surface area contributed by atoms with Crippen LogP contribution >= 0.6 is 0 Å². The minimum absolute atomic E-state index is 0.0995. The molecule has 0 aromatic carbocycles. The second-order valence-electron chi connectivity index (χ2n) is 9.03. The van der Waals surface area contributed by atoms with Crippen LogP contribution in [0, 0.1) is 29.1 Å². The minimum Gasteiger partial charge on any atom is -0.393 e. The molecule has 4 aliphatic carbocycles. The first kappa shape index (κ1) is 15.8. The van der Waals surface area contributed by atoms with Crippen LogP contribution in [0.5, 0.6) is 0 Å². The Morgan fingerprint density at radius 2 is 2.00 bits per heavy atom. The number of aliphatic hydroxyl groups is 1. The lowest BCUT2D eigenvalue weighted by Crippen LogP contribution is -2.47. The highest BCUT2D eigenvalue weighted by molar-refractivity contribution is 5.69. The molecule has 132 valence electrons. The summed E-state index contributed by atoms with van der Waals surface area (Å²) in [4.78, 5) is 4.35. The number of nitrogens with zero attached hydrogens (tertiary/aromatic N) is 1. The molecule has 4 aliphatic rings. The van der Waals surface area contributed by atoms with Crippen LogP contribution in [0.1, 0.15) is 57.4 Å². The van der Waals surface area contributed by atoms with Crippen molar-refractivity contribution in [3.8, 4) is 0 Å². The number of fused-ring (bicyclic) bond motifs is 5. The maximum absolute atomic E-state index is 10.1. The van der Waals surface area contributed by atoms with E-state index in [0.717, 1.165) is 36.5 Å². The fourth-order valence-corrected chi connectivity index (χ4v) is 6.75. The van der Waals surface area contributed by atoms with Crippen molar-refractivity contribution in [2.45, 2.75) is 58.0 Å². The van der Waals surface area contributed by atoms with Gasteiger partial charge >= 0.3 is 0 Å². The molecule has 6 atom stereocenters. The van der Waals surface area contributed by atoms with Crippen LogP contribution in [0.4, 0.5) is 0 Å². The van der Waals surface area contributed by atoms with E-state index in [2.05, 4.69) is 36.2 Å². The molecule has 2 fully saturated rings. The standard InChI is InChI=1S/C23H29NO/c1-23-11-10-17(25)13-16(23)4-5-21-20-7-6-18(15-3-2-12-24-14-15)19(20)8-9-22(21)23/h2-4,6,12,14,17,19-22,25H,5,7-11,13H2,1H3/t17-,19+,20+,21-,22-,23-/m0/s1. The predicted molar refractivity (Wildman–Crippen MR) is 101 cm³/mol. The third-order valence-electron chi connectivity index (χ3n) is 8.02. The zero-order chi connectivity index (χ0) is 17.0. The quantitative estimate of drug-likeness (QED) is 0.732. The average Bonchev–Trinajstić information content (AvgIpc) is 3.07. The van der Waals surface area contributed by atoms with Gasteiger partial charge in [-0.25, -0.2) is 0 Å². The first-order valence-electron chi connectivity index (χ1n) is 10.1. The molecular weight excluding hydrogens is 306 g/mol. The van der Waals surface area contributed by atoms with E-state index < -0.39 is 0 Å². The molecular formula is C23H29NO. The summed E-state index contributed by atoms with van der Waals surface area (Å²) in [6.45, 7) is 2.51. The van der Waals surface area contributed by atoms with Crippen LogP contribution in [0.3, 0.4) is 0 Å². The van der Waals surface area contributed by atoms with Crippen molar-refractivity contribution in [2.24, 2.45) is 29.1 Å². The Morgan fingerprint density at radius 1 is 1.12 bits per heavy atom. The smallest absolute Gasteiger partial charge is 0.0577 e. The molecule has 0 unspecified atom stereocenters. The lowest BCUT2D eigenvalue weighted by atomic mass is 9.50. The van der Waals surface area contributed by atoms with Gasteiger partial charge in [0.1, 0.15) is 0 Å². The van der Waals surface area contributed by atoms with Crippen molar-refractivity contribution >= 4 is 5.57 Å². The van der Waals surface area contributed by atoms with Gasteiger partial charge in [0.05, 0.1) is 6.10 Å². The lowest BCUT2D eigenvalue weighted by Gasteiger charge is -2.55. The first-order valence-corrected chi connectivity index (χ1v) is 10.1. The molecule has 2 nitrogen and oxygen atoms in total. The van der Waals surface area contributed by atoms with Crippen molar-refractivity contribution in [1.82, 2.24) is 4.98 Å². The number of hydrogen-bond donors (Lipinski definition) is 1. The Morgan fingerprint density at radius 3 is 2.84 bits per heavy atom. The molecule has 1 aromatic heterocycles. The number of aliphatic hydroxyl groups excluding tert-OH is 1. The molecule has 5 rings (SSSR count). The van der Waals surface area contributed by atoms with Crippen LogP contribution in [0.25, 0.3) is 5.57 Å². The molecule has 2 heteroatoms. The third kappa shape index (κ3) is 2.37. The highest BCUT2D eigenvalue weighted by atomic mass is 16.3. The third-order valence-corrected chi connectivity index (χ3v) is 8.02. The summed E-state index contributed by atoms with van der Waals surface area (Å²) in [5.74, 6) is 3.20. The van der Waals surface area contributed by atoms with Gasteiger partial charge < -0.3 is 5.11 Å². The van der Waals surface area contributed by atoms with Gasteiger partial charge in [-0.2, -0.15) is 0 Å². The van der Waals surface area contributed by atoms with Crippen molar-refractivity contribution in [3.63, 3.8) is 0 Å². The van der Waals surface area contributed by atoms with Gasteiger partial charge in [0.2, 0.25) is 0 Å². The summed E-state index contributed by atoms with van der Waals surface area (Å²) in [5, 5.41) is 10.1. The largest absolute Gasteiger partial charge is 0.393 e. The zero-order valence-corrected chi connectivity index (χ0v) is 15.2. The molecule has 1 N–H and O–H groups in total. The number of aromatic nitrogens is 1. The fraction of sp³-hybridized carbons (Fsp3) is 0.609. The van der Waals surface area contributed by atoms with Gasteiger partial charge in [0.25, 0.3) is 0 Å². The summed E-state index contributed by atoms with van der Waals surface area (Å²) in [5.41, 5.74) is 4.83. The Hall–Kier alpha value is -1.41. The number of pyridine rings is 1. The highest BCUT2D eigenvalue weighted by Gasteiger charge is 2.52. The molecule has 0 aliphatic heterocycles. The maximum Gasteiger partial charge on any atom is 0.0577 e. The first-order chi connectivity index (χ1) is 12.2. The van der Waals surface area contributed by atoms with Crippen molar-refractivity contribution < 1.29 is 5.11 Å². The predicted octanol–water partition coefficient (Wildman–Crippen LogP) is 5.01. The van der Waals surface area contributed by atoms with Crippen molar-refractivity contribution in [1.29, 1.82) is 0 Å². The molecule has 0 radical (unpaired) electrons. The SMILES string of the molecule is C[C@]12CC[C@H](O)CC1=CC[C@H]1[C@@H]3CC=C(c4cccnc4)[C@H]3CC[C@@H]12. The highest BCUT2D eigenvalue weighted by Crippen LogP contribution is 2.62. The second kappa shape index (κ2) is 5.81. The van der Waals surface area contributed by atoms with Crippen LogP contribution in [-0.2, 0) is 0 Å². The maximum atomic E-state index is 10.1. The van der Waals surface area contributed by atoms with Crippen LogP contribution in [0.2, 0.25) is 0 Å². The van der Waals surface area contributed by atoms with Gasteiger partial charge in [-0.3, -0.25) is 4.98 Å². The van der Waals surface area contributed by atoms with Gasteiger partial charge in [-0.05, 0) is 91.2 Å². The van der Waals surface area contributed by atoms with E-state index in [1.165, 1.54) is 37.7 Å². The Balaban J connectivity index is 1.43. The summed E-state index contributed by atoms with van der Waals surface area (Å²) >= 11 is 0. The summed E-state index contributed by atoms with van der Waals surface area (Å²) in [6, 6.07) is 4.30. The number of rotatable bonds is 1. The van der Waals surface area contributed by atoms with E-state index in [1.54, 1.807) is 11.1 Å². The monoisotopic (exact) mass is 335 g/mol. The molecule has 0 spiro atoms. The molecule has 25 heavy (non-hydrogen) atoms. The van der Waals surface area contributed by atoms with Gasteiger partial charge in [-0.15, -0.1) is 0 Å².